The molecule has 1 aromatic carbocycles. The van der Waals surface area contributed by atoms with Crippen LogP contribution in [-0.2, 0) is 11.3 Å². The van der Waals surface area contributed by atoms with Crippen molar-refractivity contribution in [3.63, 3.8) is 0 Å². The molecule has 1 aliphatic rings. The Morgan fingerprint density at radius 3 is 2.24 bits per heavy atom. The highest BCUT2D eigenvalue weighted by Gasteiger charge is 2.26. The normalized spacial score (nSPS) is 19.7. The summed E-state index contributed by atoms with van der Waals surface area (Å²) < 4.78 is 0. The Bertz CT molecular complexity index is 607. The summed E-state index contributed by atoms with van der Waals surface area (Å²) in [5.74, 6) is -1.15. The van der Waals surface area contributed by atoms with Crippen LogP contribution in [0.2, 0.25) is 0 Å². The number of carboxylic acid groups (broad SMARTS) is 1. The van der Waals surface area contributed by atoms with Crippen molar-refractivity contribution in [1.29, 1.82) is 0 Å². The molecule has 3 amide bonds. The summed E-state index contributed by atoms with van der Waals surface area (Å²) in [4.78, 5) is 34.6. The smallest absolute Gasteiger partial charge is 0.315 e. The van der Waals surface area contributed by atoms with Crippen LogP contribution in [0.25, 0.3) is 0 Å². The van der Waals surface area contributed by atoms with Crippen molar-refractivity contribution in [3.8, 4) is 0 Å². The first kappa shape index (κ1) is 18.8. The molecule has 4 N–H and O–H groups in total. The maximum absolute atomic E-state index is 12.0. The Labute approximate surface area is 147 Å². The van der Waals surface area contributed by atoms with Crippen molar-refractivity contribution in [1.82, 2.24) is 16.0 Å². The fraction of sp³-hybridized carbons (Fsp3) is 0.500. The molecule has 0 radical (unpaired) electrons. The molecule has 0 saturated heterocycles. The van der Waals surface area contributed by atoms with Crippen LogP contribution in [-0.4, -0.2) is 35.6 Å². The first-order valence-electron chi connectivity index (χ1n) is 8.64. The summed E-state index contributed by atoms with van der Waals surface area (Å²) in [6, 6.07) is 6.84. The summed E-state index contributed by atoms with van der Waals surface area (Å²) in [6.45, 7) is 2.81. The molecule has 0 spiro atoms. The molecule has 1 aromatic rings. The van der Waals surface area contributed by atoms with Crippen molar-refractivity contribution in [2.24, 2.45) is 5.92 Å². The quantitative estimate of drug-likeness (QED) is 0.630. The SMILES string of the molecule is CCNC(=O)c1ccc(CNC(=O)NC2CCC(C(=O)O)CC2)cc1. The molecule has 1 fully saturated rings. The van der Waals surface area contributed by atoms with Gasteiger partial charge in [0.05, 0.1) is 5.92 Å². The topological polar surface area (TPSA) is 108 Å². The highest BCUT2D eigenvalue weighted by atomic mass is 16.4. The van der Waals surface area contributed by atoms with Crippen molar-refractivity contribution in [3.05, 3.63) is 35.4 Å². The number of nitrogens with one attached hydrogen (secondary N) is 3. The molecule has 25 heavy (non-hydrogen) atoms. The van der Waals surface area contributed by atoms with Crippen molar-refractivity contribution in [2.45, 2.75) is 45.2 Å². The van der Waals surface area contributed by atoms with Gasteiger partial charge in [-0.15, -0.1) is 0 Å². The molecule has 0 aliphatic heterocycles. The predicted octanol–water partition coefficient (Wildman–Crippen LogP) is 1.88. The molecule has 0 unspecified atom stereocenters. The minimum Gasteiger partial charge on any atom is -0.481 e. The number of benzene rings is 1. The molecule has 0 aromatic heterocycles. The van der Waals surface area contributed by atoms with Crippen LogP contribution in [0.1, 0.15) is 48.5 Å². The van der Waals surface area contributed by atoms with E-state index in [0.29, 0.717) is 44.3 Å². The van der Waals surface area contributed by atoms with Crippen LogP contribution in [0.4, 0.5) is 4.79 Å². The van der Waals surface area contributed by atoms with Gasteiger partial charge in [0.2, 0.25) is 0 Å². The molecular weight excluding hydrogens is 322 g/mol. The molecule has 2 rings (SSSR count). The summed E-state index contributed by atoms with van der Waals surface area (Å²) >= 11 is 0. The number of rotatable bonds is 6. The molecule has 136 valence electrons. The van der Waals surface area contributed by atoms with E-state index < -0.39 is 5.97 Å². The van der Waals surface area contributed by atoms with Crippen LogP contribution in [0.3, 0.4) is 0 Å². The third-order valence-electron chi connectivity index (χ3n) is 4.42. The number of carbonyl (C=O) groups excluding carboxylic acids is 2. The highest BCUT2D eigenvalue weighted by molar-refractivity contribution is 5.94. The molecule has 0 heterocycles. The van der Waals surface area contributed by atoms with Gasteiger partial charge in [0.1, 0.15) is 0 Å². The van der Waals surface area contributed by atoms with Crippen LogP contribution in [0, 0.1) is 5.92 Å². The van der Waals surface area contributed by atoms with E-state index in [2.05, 4.69) is 16.0 Å². The Morgan fingerprint density at radius 2 is 1.68 bits per heavy atom. The number of aliphatic carboxylic acids is 1. The Morgan fingerprint density at radius 1 is 1.04 bits per heavy atom. The lowest BCUT2D eigenvalue weighted by atomic mass is 9.86. The zero-order valence-electron chi connectivity index (χ0n) is 14.4. The number of carboxylic acids is 1. The summed E-state index contributed by atoms with van der Waals surface area (Å²) in [5, 5.41) is 17.4. The fourth-order valence-corrected chi connectivity index (χ4v) is 2.94. The number of amides is 3. The molecule has 0 bridgehead atoms. The summed E-state index contributed by atoms with van der Waals surface area (Å²) in [7, 11) is 0. The van der Waals surface area contributed by atoms with E-state index in [-0.39, 0.29) is 23.9 Å². The second-order valence-electron chi connectivity index (χ2n) is 6.27. The molecule has 0 atom stereocenters. The summed E-state index contributed by atoms with van der Waals surface area (Å²) in [6.07, 6.45) is 2.57. The minimum absolute atomic E-state index is 0.0238. The third kappa shape index (κ3) is 5.77. The van der Waals surface area contributed by atoms with E-state index in [9.17, 15) is 14.4 Å². The largest absolute Gasteiger partial charge is 0.481 e. The first-order valence-corrected chi connectivity index (χ1v) is 8.64. The number of hydrogen-bond donors (Lipinski definition) is 4. The van der Waals surface area contributed by atoms with Gasteiger partial charge in [-0.2, -0.15) is 0 Å². The number of urea groups is 1. The second-order valence-corrected chi connectivity index (χ2v) is 6.27. The minimum atomic E-state index is -0.751. The van der Waals surface area contributed by atoms with Crippen LogP contribution in [0.5, 0.6) is 0 Å². The lowest BCUT2D eigenvalue weighted by Gasteiger charge is -2.26. The van der Waals surface area contributed by atoms with Crippen molar-refractivity contribution >= 4 is 17.9 Å². The van der Waals surface area contributed by atoms with Crippen LogP contribution < -0.4 is 16.0 Å². The number of hydrogen-bond acceptors (Lipinski definition) is 3. The number of carbonyl (C=O) groups is 3. The van der Waals surface area contributed by atoms with Gasteiger partial charge in [-0.3, -0.25) is 9.59 Å². The standard InChI is InChI=1S/C18H25N3O4/c1-2-19-16(22)13-5-3-12(4-6-13)11-20-18(25)21-15-9-7-14(8-10-15)17(23)24/h3-6,14-15H,2,7-11H2,1H3,(H,19,22)(H,23,24)(H2,20,21,25). The predicted molar refractivity (Wildman–Crippen MR) is 93.2 cm³/mol. The van der Waals surface area contributed by atoms with Crippen LogP contribution >= 0.6 is 0 Å². The van der Waals surface area contributed by atoms with Crippen molar-refractivity contribution in [2.75, 3.05) is 6.54 Å². The average molecular weight is 347 g/mol. The van der Waals surface area contributed by atoms with Crippen molar-refractivity contribution < 1.29 is 19.5 Å². The van der Waals surface area contributed by atoms with E-state index in [1.807, 2.05) is 19.1 Å². The zero-order chi connectivity index (χ0) is 18.2. The lowest BCUT2D eigenvalue weighted by Crippen LogP contribution is -2.43. The molecular formula is C18H25N3O4. The molecule has 7 nitrogen and oxygen atoms in total. The van der Waals surface area contributed by atoms with E-state index in [1.165, 1.54) is 0 Å². The average Bonchev–Trinajstić information content (AvgIpc) is 2.61. The fourth-order valence-electron chi connectivity index (χ4n) is 2.94. The van der Waals surface area contributed by atoms with Gasteiger partial charge in [0.15, 0.2) is 0 Å². The zero-order valence-corrected chi connectivity index (χ0v) is 14.4. The Hall–Kier alpha value is -2.57. The van der Waals surface area contributed by atoms with E-state index in [0.717, 1.165) is 5.56 Å². The molecule has 1 saturated carbocycles. The van der Waals surface area contributed by atoms with Gasteiger partial charge in [-0.05, 0) is 50.3 Å². The highest BCUT2D eigenvalue weighted by Crippen LogP contribution is 2.24. The van der Waals surface area contributed by atoms with Gasteiger partial charge in [0, 0.05) is 24.7 Å². The third-order valence-corrected chi connectivity index (χ3v) is 4.42. The van der Waals surface area contributed by atoms with Gasteiger partial charge < -0.3 is 21.1 Å². The maximum Gasteiger partial charge on any atom is 0.315 e. The Kier molecular flexibility index (Phi) is 6.80. The maximum atomic E-state index is 12.0. The first-order chi connectivity index (χ1) is 12.0. The van der Waals surface area contributed by atoms with E-state index in [1.54, 1.807) is 12.1 Å². The van der Waals surface area contributed by atoms with Gasteiger partial charge >= 0.3 is 12.0 Å². The van der Waals surface area contributed by atoms with E-state index >= 15 is 0 Å². The summed E-state index contributed by atoms with van der Waals surface area (Å²) in [5.41, 5.74) is 1.49. The molecule has 1 aliphatic carbocycles. The van der Waals surface area contributed by atoms with Gasteiger partial charge in [-0.25, -0.2) is 4.79 Å². The monoisotopic (exact) mass is 347 g/mol. The van der Waals surface area contributed by atoms with E-state index in [4.69, 9.17) is 5.11 Å². The molecule has 7 heteroatoms. The Balaban J connectivity index is 1.73. The van der Waals surface area contributed by atoms with Gasteiger partial charge in [0.25, 0.3) is 5.91 Å². The lowest BCUT2D eigenvalue weighted by molar-refractivity contribution is -0.142. The van der Waals surface area contributed by atoms with Gasteiger partial charge in [-0.1, -0.05) is 12.1 Å². The van der Waals surface area contributed by atoms with Crippen LogP contribution in [0.15, 0.2) is 24.3 Å². The second kappa shape index (κ2) is 9.05.